The van der Waals surface area contributed by atoms with E-state index in [0.717, 1.165) is 0 Å². The number of para-hydroxylation sites is 1. The smallest absolute Gasteiger partial charge is 0.310 e. The third-order valence-corrected chi connectivity index (χ3v) is 4.89. The van der Waals surface area contributed by atoms with Gasteiger partial charge in [-0.25, -0.2) is 4.39 Å². The number of nitrogens with one attached hydrogen (secondary N) is 2. The van der Waals surface area contributed by atoms with E-state index < -0.39 is 36.6 Å². The van der Waals surface area contributed by atoms with Gasteiger partial charge in [0.05, 0.1) is 24.8 Å². The quantitative estimate of drug-likeness (QED) is 0.474. The Hall–Kier alpha value is -3.91. The second-order valence-corrected chi connectivity index (χ2v) is 7.22. The maximum Gasteiger partial charge on any atom is 0.310 e. The van der Waals surface area contributed by atoms with E-state index in [0.29, 0.717) is 11.4 Å². The van der Waals surface area contributed by atoms with Gasteiger partial charge in [-0.1, -0.05) is 29.8 Å². The first-order valence-corrected chi connectivity index (χ1v) is 10.2. The molecule has 0 spiro atoms. The molecule has 0 saturated heterocycles. The maximum absolute atomic E-state index is 13.8. The highest BCUT2D eigenvalue weighted by Crippen LogP contribution is 2.21. The van der Waals surface area contributed by atoms with E-state index in [9.17, 15) is 18.8 Å². The number of carbonyl (C=O) groups is 3. The predicted octanol–water partition coefficient (Wildman–Crippen LogP) is 4.46. The van der Waals surface area contributed by atoms with Crippen LogP contribution in [0, 0.1) is 5.82 Å². The molecule has 2 N–H and O–H groups in total. The summed E-state index contributed by atoms with van der Waals surface area (Å²) in [6.07, 6.45) is -0.417. The highest BCUT2D eigenvalue weighted by atomic mass is 35.5. The second kappa shape index (κ2) is 11.1. The van der Waals surface area contributed by atoms with Gasteiger partial charge in [0.15, 0.2) is 6.61 Å². The van der Waals surface area contributed by atoms with Crippen molar-refractivity contribution in [2.45, 2.75) is 6.42 Å². The van der Waals surface area contributed by atoms with Gasteiger partial charge in [-0.3, -0.25) is 14.4 Å². The van der Waals surface area contributed by atoms with Gasteiger partial charge in [-0.05, 0) is 48.5 Å². The van der Waals surface area contributed by atoms with Crippen LogP contribution in [-0.4, -0.2) is 31.5 Å². The molecule has 0 bridgehead atoms. The molecule has 0 aliphatic heterocycles. The molecule has 7 nitrogen and oxygen atoms in total. The molecule has 9 heteroatoms. The number of carbonyl (C=O) groups excluding carboxylic acids is 3. The van der Waals surface area contributed by atoms with Crippen LogP contribution in [0.15, 0.2) is 66.7 Å². The lowest BCUT2D eigenvalue weighted by molar-refractivity contribution is -0.146. The number of benzene rings is 3. The molecule has 0 atom stereocenters. The van der Waals surface area contributed by atoms with Crippen LogP contribution in [-0.2, 0) is 20.7 Å². The number of amides is 2. The number of methoxy groups -OCH3 is 1. The molecule has 0 radical (unpaired) electrons. The van der Waals surface area contributed by atoms with Crippen LogP contribution < -0.4 is 15.4 Å². The highest BCUT2D eigenvalue weighted by molar-refractivity contribution is 6.31. The fraction of sp³-hybridized carbons (Fsp3) is 0.125. The summed E-state index contributed by atoms with van der Waals surface area (Å²) >= 11 is 5.89. The van der Waals surface area contributed by atoms with E-state index in [1.807, 2.05) is 0 Å². The topological polar surface area (TPSA) is 93.7 Å². The third-order valence-electron chi connectivity index (χ3n) is 4.54. The van der Waals surface area contributed by atoms with Crippen LogP contribution in [0.3, 0.4) is 0 Å². The summed E-state index contributed by atoms with van der Waals surface area (Å²) in [7, 11) is 1.54. The van der Waals surface area contributed by atoms with Crippen LogP contribution >= 0.6 is 11.6 Å². The van der Waals surface area contributed by atoms with Gasteiger partial charge in [0.25, 0.3) is 11.8 Å². The first-order chi connectivity index (χ1) is 15.9. The number of ether oxygens (including phenoxy) is 2. The molecule has 0 aliphatic carbocycles. The summed E-state index contributed by atoms with van der Waals surface area (Å²) in [4.78, 5) is 36.9. The first kappa shape index (κ1) is 23.7. The average molecular weight is 471 g/mol. The fourth-order valence-corrected chi connectivity index (χ4v) is 3.12. The molecule has 0 unspecified atom stereocenters. The standard InChI is InChI=1S/C24H20ClFN2O5/c1-32-16-11-9-15(10-12-16)27-24(31)17-5-2-3-8-21(17)28-22(29)14-33-23(30)13-18-19(25)6-4-7-20(18)26/h2-12H,13-14H2,1H3,(H,27,31)(H,28,29). The monoisotopic (exact) mass is 470 g/mol. The predicted molar refractivity (Wildman–Crippen MR) is 122 cm³/mol. The van der Waals surface area contributed by atoms with E-state index in [1.165, 1.54) is 18.2 Å². The molecule has 3 aromatic rings. The molecular formula is C24H20ClFN2O5. The van der Waals surface area contributed by atoms with E-state index >= 15 is 0 Å². The first-order valence-electron chi connectivity index (χ1n) is 9.80. The van der Waals surface area contributed by atoms with Crippen molar-refractivity contribution in [1.29, 1.82) is 0 Å². The molecular weight excluding hydrogens is 451 g/mol. The number of hydrogen-bond acceptors (Lipinski definition) is 5. The van der Waals surface area contributed by atoms with E-state index in [1.54, 1.807) is 55.6 Å². The second-order valence-electron chi connectivity index (χ2n) is 6.81. The summed E-state index contributed by atoms with van der Waals surface area (Å²) in [6, 6.07) is 17.2. The fourth-order valence-electron chi connectivity index (χ4n) is 2.89. The van der Waals surface area contributed by atoms with Crippen molar-refractivity contribution in [1.82, 2.24) is 0 Å². The van der Waals surface area contributed by atoms with Crippen molar-refractivity contribution >= 4 is 40.8 Å². The molecule has 3 rings (SSSR count). The third kappa shape index (κ3) is 6.54. The summed E-state index contributed by atoms with van der Waals surface area (Å²) in [5.74, 6) is -1.91. The SMILES string of the molecule is COc1ccc(NC(=O)c2ccccc2NC(=O)COC(=O)Cc2c(F)cccc2Cl)cc1. The van der Waals surface area contributed by atoms with Gasteiger partial charge < -0.3 is 20.1 Å². The lowest BCUT2D eigenvalue weighted by Gasteiger charge is -2.12. The van der Waals surface area contributed by atoms with Crippen molar-refractivity contribution in [2.75, 3.05) is 24.4 Å². The minimum atomic E-state index is -0.817. The van der Waals surface area contributed by atoms with Gasteiger partial charge in [0.1, 0.15) is 11.6 Å². The molecule has 170 valence electrons. The Morgan fingerprint density at radius 2 is 1.67 bits per heavy atom. The van der Waals surface area contributed by atoms with Gasteiger partial charge >= 0.3 is 5.97 Å². The minimum Gasteiger partial charge on any atom is -0.497 e. The Morgan fingerprint density at radius 1 is 0.939 bits per heavy atom. The van der Waals surface area contributed by atoms with Crippen molar-refractivity contribution in [3.05, 3.63) is 88.7 Å². The van der Waals surface area contributed by atoms with Crippen molar-refractivity contribution < 1.29 is 28.2 Å². The normalized spacial score (nSPS) is 10.3. The Morgan fingerprint density at radius 3 is 2.36 bits per heavy atom. The van der Waals surface area contributed by atoms with E-state index in [4.69, 9.17) is 21.1 Å². The lowest BCUT2D eigenvalue weighted by Crippen LogP contribution is -2.23. The van der Waals surface area contributed by atoms with E-state index in [2.05, 4.69) is 10.6 Å². The molecule has 2 amide bonds. The molecule has 0 saturated carbocycles. The molecule has 33 heavy (non-hydrogen) atoms. The van der Waals surface area contributed by atoms with Gasteiger partial charge in [-0.15, -0.1) is 0 Å². The Labute approximate surface area is 194 Å². The van der Waals surface area contributed by atoms with Crippen molar-refractivity contribution in [3.63, 3.8) is 0 Å². The zero-order valence-corrected chi connectivity index (χ0v) is 18.3. The summed E-state index contributed by atoms with van der Waals surface area (Å²) in [6.45, 7) is -0.612. The van der Waals surface area contributed by atoms with Crippen LogP contribution in [0.5, 0.6) is 5.75 Å². The van der Waals surface area contributed by atoms with E-state index in [-0.39, 0.29) is 21.8 Å². The molecule has 0 aromatic heterocycles. The highest BCUT2D eigenvalue weighted by Gasteiger charge is 2.16. The zero-order valence-electron chi connectivity index (χ0n) is 17.6. The number of esters is 1. The maximum atomic E-state index is 13.8. The molecule has 0 heterocycles. The average Bonchev–Trinajstić information content (AvgIpc) is 2.81. The molecule has 3 aromatic carbocycles. The number of halogens is 2. The van der Waals surface area contributed by atoms with Gasteiger partial charge in [-0.2, -0.15) is 0 Å². The Bertz CT molecular complexity index is 1150. The van der Waals surface area contributed by atoms with Crippen LogP contribution in [0.2, 0.25) is 5.02 Å². The largest absolute Gasteiger partial charge is 0.497 e. The number of anilines is 2. The van der Waals surface area contributed by atoms with Crippen LogP contribution in [0.1, 0.15) is 15.9 Å². The number of rotatable bonds is 8. The Kier molecular flexibility index (Phi) is 7.99. The lowest BCUT2D eigenvalue weighted by atomic mass is 10.1. The van der Waals surface area contributed by atoms with Crippen LogP contribution in [0.25, 0.3) is 0 Å². The van der Waals surface area contributed by atoms with Gasteiger partial charge in [0.2, 0.25) is 0 Å². The number of hydrogen-bond donors (Lipinski definition) is 2. The zero-order chi connectivity index (χ0) is 23.8. The summed E-state index contributed by atoms with van der Waals surface area (Å²) < 4.78 is 23.8. The summed E-state index contributed by atoms with van der Waals surface area (Å²) in [5.41, 5.74) is 0.987. The van der Waals surface area contributed by atoms with Gasteiger partial charge in [0, 0.05) is 16.3 Å². The van der Waals surface area contributed by atoms with Crippen LogP contribution in [0.4, 0.5) is 15.8 Å². The van der Waals surface area contributed by atoms with Crippen molar-refractivity contribution in [2.24, 2.45) is 0 Å². The minimum absolute atomic E-state index is 0.00914. The van der Waals surface area contributed by atoms with Crippen molar-refractivity contribution in [3.8, 4) is 5.75 Å². The molecule has 0 fully saturated rings. The Balaban J connectivity index is 1.58. The molecule has 0 aliphatic rings. The summed E-state index contributed by atoms with van der Waals surface area (Å²) in [5, 5.41) is 5.36.